The van der Waals surface area contributed by atoms with Crippen LogP contribution in [-0.2, 0) is 0 Å². The van der Waals surface area contributed by atoms with Crippen LogP contribution < -0.4 is 0 Å². The monoisotopic (exact) mass is 258 g/mol. The molecule has 0 aliphatic carbocycles. The first-order valence-corrected chi connectivity index (χ1v) is 6.13. The molecule has 0 aromatic heterocycles. The zero-order chi connectivity index (χ0) is 14.0. The van der Waals surface area contributed by atoms with Gasteiger partial charge in [-0.05, 0) is 23.1 Å². The molecule has 3 heteroatoms. The molecule has 0 bridgehead atoms. The van der Waals surface area contributed by atoms with Crippen LogP contribution in [0.2, 0.25) is 0 Å². The molecule has 0 atom stereocenters. The third-order valence-corrected chi connectivity index (χ3v) is 3.09. The van der Waals surface area contributed by atoms with E-state index in [1.165, 1.54) is 6.07 Å². The molecule has 2 rings (SSSR count). The third kappa shape index (κ3) is 2.65. The first-order chi connectivity index (χ1) is 9.00. The number of carbonyl (C=O) groups is 1. The van der Waals surface area contributed by atoms with Gasteiger partial charge in [0.25, 0.3) is 0 Å². The minimum Gasteiger partial charge on any atom is -0.478 e. The van der Waals surface area contributed by atoms with E-state index in [0.717, 1.165) is 5.56 Å². The van der Waals surface area contributed by atoms with E-state index in [2.05, 4.69) is 13.8 Å². The summed E-state index contributed by atoms with van der Waals surface area (Å²) in [5.41, 5.74) is 1.82. The van der Waals surface area contributed by atoms with Crippen LogP contribution in [0.1, 0.15) is 35.7 Å². The summed E-state index contributed by atoms with van der Waals surface area (Å²) in [6.45, 7) is 4.12. The molecule has 2 aromatic rings. The summed E-state index contributed by atoms with van der Waals surface area (Å²) in [4.78, 5) is 10.9. The fourth-order valence-electron chi connectivity index (χ4n) is 1.99. The van der Waals surface area contributed by atoms with Crippen LogP contribution in [-0.4, -0.2) is 11.1 Å². The highest BCUT2D eigenvalue weighted by Crippen LogP contribution is 2.27. The van der Waals surface area contributed by atoms with Crippen molar-refractivity contribution in [1.82, 2.24) is 0 Å². The molecule has 2 nitrogen and oxygen atoms in total. The number of hydrogen-bond acceptors (Lipinski definition) is 1. The smallest absolute Gasteiger partial charge is 0.338 e. The van der Waals surface area contributed by atoms with Gasteiger partial charge in [-0.25, -0.2) is 9.18 Å². The molecule has 0 unspecified atom stereocenters. The Morgan fingerprint density at radius 2 is 1.84 bits per heavy atom. The number of aromatic carboxylic acids is 1. The Kier molecular flexibility index (Phi) is 3.65. The third-order valence-electron chi connectivity index (χ3n) is 3.09. The van der Waals surface area contributed by atoms with Crippen LogP contribution in [0.15, 0.2) is 42.5 Å². The van der Waals surface area contributed by atoms with Crippen LogP contribution in [0, 0.1) is 5.82 Å². The molecule has 19 heavy (non-hydrogen) atoms. The van der Waals surface area contributed by atoms with Gasteiger partial charge in [0.15, 0.2) is 0 Å². The molecule has 98 valence electrons. The first-order valence-electron chi connectivity index (χ1n) is 6.13. The summed E-state index contributed by atoms with van der Waals surface area (Å²) in [5, 5.41) is 8.94. The summed E-state index contributed by atoms with van der Waals surface area (Å²) in [6.07, 6.45) is 0. The van der Waals surface area contributed by atoms with E-state index >= 15 is 0 Å². The molecule has 0 amide bonds. The van der Waals surface area contributed by atoms with Gasteiger partial charge in [-0.1, -0.05) is 50.2 Å². The van der Waals surface area contributed by atoms with Gasteiger partial charge >= 0.3 is 5.97 Å². The molecular weight excluding hydrogens is 243 g/mol. The lowest BCUT2D eigenvalue weighted by molar-refractivity contribution is 0.0692. The fraction of sp³-hybridized carbons (Fsp3) is 0.188. The van der Waals surface area contributed by atoms with Crippen molar-refractivity contribution < 1.29 is 14.3 Å². The Labute approximate surface area is 111 Å². The second-order valence-electron chi connectivity index (χ2n) is 4.75. The zero-order valence-electron chi connectivity index (χ0n) is 10.9. The van der Waals surface area contributed by atoms with Gasteiger partial charge in [0.05, 0.1) is 5.56 Å². The number of rotatable bonds is 3. The second-order valence-corrected chi connectivity index (χ2v) is 4.75. The van der Waals surface area contributed by atoms with Gasteiger partial charge in [0.2, 0.25) is 0 Å². The predicted molar refractivity (Wildman–Crippen MR) is 72.9 cm³/mol. The summed E-state index contributed by atoms with van der Waals surface area (Å²) >= 11 is 0. The SMILES string of the molecule is CC(C)c1cccc(-c2cccc(C(=O)O)c2F)c1. The number of halogens is 1. The van der Waals surface area contributed by atoms with Crippen molar-refractivity contribution in [3.8, 4) is 11.1 Å². The van der Waals surface area contributed by atoms with Crippen molar-refractivity contribution >= 4 is 5.97 Å². The maximum absolute atomic E-state index is 14.2. The summed E-state index contributed by atoms with van der Waals surface area (Å²) in [7, 11) is 0. The lowest BCUT2D eigenvalue weighted by Gasteiger charge is -2.10. The Balaban J connectivity index is 2.56. The number of carboxylic acids is 1. The molecule has 0 saturated carbocycles. The largest absolute Gasteiger partial charge is 0.478 e. The molecule has 0 saturated heterocycles. The van der Waals surface area contributed by atoms with E-state index in [1.807, 2.05) is 18.2 Å². The van der Waals surface area contributed by atoms with Crippen molar-refractivity contribution in [3.63, 3.8) is 0 Å². The quantitative estimate of drug-likeness (QED) is 0.890. The van der Waals surface area contributed by atoms with Gasteiger partial charge in [0, 0.05) is 5.56 Å². The van der Waals surface area contributed by atoms with Crippen LogP contribution in [0.3, 0.4) is 0 Å². The maximum atomic E-state index is 14.2. The Bertz CT molecular complexity index is 618. The molecule has 0 spiro atoms. The van der Waals surface area contributed by atoms with E-state index in [4.69, 9.17) is 5.11 Å². The topological polar surface area (TPSA) is 37.3 Å². The van der Waals surface area contributed by atoms with Crippen LogP contribution in [0.5, 0.6) is 0 Å². The lowest BCUT2D eigenvalue weighted by atomic mass is 9.96. The fourth-order valence-corrected chi connectivity index (χ4v) is 1.99. The minimum atomic E-state index is -1.25. The van der Waals surface area contributed by atoms with E-state index in [1.54, 1.807) is 18.2 Å². The molecule has 0 radical (unpaired) electrons. The normalized spacial score (nSPS) is 10.7. The van der Waals surface area contributed by atoms with E-state index < -0.39 is 11.8 Å². The van der Waals surface area contributed by atoms with Crippen molar-refractivity contribution in [2.75, 3.05) is 0 Å². The highest BCUT2D eigenvalue weighted by Gasteiger charge is 2.15. The average Bonchev–Trinajstić information content (AvgIpc) is 2.38. The highest BCUT2D eigenvalue weighted by molar-refractivity contribution is 5.90. The maximum Gasteiger partial charge on any atom is 0.338 e. The van der Waals surface area contributed by atoms with Crippen molar-refractivity contribution in [3.05, 3.63) is 59.4 Å². The standard InChI is InChI=1S/C16H15FO2/c1-10(2)11-5-3-6-12(9-11)13-7-4-8-14(15(13)17)16(18)19/h3-10H,1-2H3,(H,18,19). The van der Waals surface area contributed by atoms with E-state index in [9.17, 15) is 9.18 Å². The summed E-state index contributed by atoms with van der Waals surface area (Å²) in [5.74, 6) is -1.60. The van der Waals surface area contributed by atoms with Crippen molar-refractivity contribution in [1.29, 1.82) is 0 Å². The van der Waals surface area contributed by atoms with Crippen LogP contribution >= 0.6 is 0 Å². The molecular formula is C16H15FO2. The minimum absolute atomic E-state index is 0.299. The zero-order valence-corrected chi connectivity index (χ0v) is 10.9. The molecule has 0 aliphatic heterocycles. The summed E-state index contributed by atoms with van der Waals surface area (Å²) in [6, 6.07) is 12.0. The van der Waals surface area contributed by atoms with Gasteiger partial charge in [-0.3, -0.25) is 0 Å². The van der Waals surface area contributed by atoms with Gasteiger partial charge in [-0.15, -0.1) is 0 Å². The van der Waals surface area contributed by atoms with Crippen LogP contribution in [0.25, 0.3) is 11.1 Å². The van der Waals surface area contributed by atoms with Crippen molar-refractivity contribution in [2.24, 2.45) is 0 Å². The molecule has 2 aromatic carbocycles. The molecule has 0 aliphatic rings. The Hall–Kier alpha value is -2.16. The Morgan fingerprint density at radius 3 is 2.47 bits per heavy atom. The average molecular weight is 258 g/mol. The summed E-state index contributed by atoms with van der Waals surface area (Å²) < 4.78 is 14.2. The molecule has 0 fully saturated rings. The van der Waals surface area contributed by atoms with E-state index in [-0.39, 0.29) is 5.56 Å². The van der Waals surface area contributed by atoms with Gasteiger partial charge in [0.1, 0.15) is 5.82 Å². The molecule has 0 heterocycles. The number of benzene rings is 2. The highest BCUT2D eigenvalue weighted by atomic mass is 19.1. The van der Waals surface area contributed by atoms with Crippen molar-refractivity contribution in [2.45, 2.75) is 19.8 Å². The first kappa shape index (κ1) is 13.3. The Morgan fingerprint density at radius 1 is 1.16 bits per heavy atom. The second kappa shape index (κ2) is 5.22. The van der Waals surface area contributed by atoms with Crippen LogP contribution in [0.4, 0.5) is 4.39 Å². The predicted octanol–water partition coefficient (Wildman–Crippen LogP) is 4.31. The van der Waals surface area contributed by atoms with Gasteiger partial charge < -0.3 is 5.11 Å². The number of hydrogen-bond donors (Lipinski definition) is 1. The van der Waals surface area contributed by atoms with Gasteiger partial charge in [-0.2, -0.15) is 0 Å². The van der Waals surface area contributed by atoms with E-state index in [0.29, 0.717) is 17.0 Å². The number of carboxylic acid groups (broad SMARTS) is 1. The lowest BCUT2D eigenvalue weighted by Crippen LogP contribution is -2.01. The molecule has 1 N–H and O–H groups in total.